The van der Waals surface area contributed by atoms with Gasteiger partial charge in [-0.25, -0.2) is 0 Å². The summed E-state index contributed by atoms with van der Waals surface area (Å²) >= 11 is 6.21. The van der Waals surface area contributed by atoms with E-state index in [2.05, 4.69) is 15.5 Å². The van der Waals surface area contributed by atoms with Crippen LogP contribution in [0.3, 0.4) is 0 Å². The zero-order valence-corrected chi connectivity index (χ0v) is 17.6. The third kappa shape index (κ3) is 4.15. The van der Waals surface area contributed by atoms with Crippen LogP contribution >= 0.6 is 11.6 Å². The topological polar surface area (TPSA) is 86.5 Å². The molecule has 4 aromatic rings. The lowest BCUT2D eigenvalue weighted by Crippen LogP contribution is -2.30. The SMILES string of the molecule is O=C(NC(Cc1ccccc1)c1nc(-c2ccc3c(c2)OCO3)no1)c1ccccc1Cl. The van der Waals surface area contributed by atoms with Gasteiger partial charge in [-0.1, -0.05) is 59.2 Å². The second-order valence-corrected chi connectivity index (χ2v) is 7.63. The average Bonchev–Trinajstić information content (AvgIpc) is 3.49. The molecule has 0 fully saturated rings. The minimum atomic E-state index is -0.545. The molecule has 1 aliphatic rings. The first-order chi connectivity index (χ1) is 15.7. The van der Waals surface area contributed by atoms with Crippen LogP contribution in [-0.2, 0) is 6.42 Å². The van der Waals surface area contributed by atoms with Gasteiger partial charge in [0.2, 0.25) is 18.5 Å². The van der Waals surface area contributed by atoms with Gasteiger partial charge in [0.1, 0.15) is 6.04 Å². The van der Waals surface area contributed by atoms with Crippen molar-refractivity contribution in [3.8, 4) is 22.9 Å². The number of hydrogen-bond donors (Lipinski definition) is 1. The molecule has 7 nitrogen and oxygen atoms in total. The molecular formula is C24H18ClN3O4. The standard InChI is InChI=1S/C24H18ClN3O4/c25-18-9-5-4-8-17(18)23(29)26-19(12-15-6-2-1-3-7-15)24-27-22(28-32-24)16-10-11-20-21(13-16)31-14-30-20/h1-11,13,19H,12,14H2,(H,26,29). The molecule has 0 radical (unpaired) electrons. The fourth-order valence-electron chi connectivity index (χ4n) is 3.46. The molecule has 1 aromatic heterocycles. The molecule has 0 bridgehead atoms. The third-order valence-electron chi connectivity index (χ3n) is 5.08. The number of nitrogens with one attached hydrogen (secondary N) is 1. The second-order valence-electron chi connectivity index (χ2n) is 7.22. The van der Waals surface area contributed by atoms with Crippen molar-refractivity contribution in [3.63, 3.8) is 0 Å². The van der Waals surface area contributed by atoms with Crippen molar-refractivity contribution >= 4 is 17.5 Å². The van der Waals surface area contributed by atoms with Crippen molar-refractivity contribution in [2.45, 2.75) is 12.5 Å². The Labute approximate surface area is 188 Å². The van der Waals surface area contributed by atoms with Gasteiger partial charge in [-0.3, -0.25) is 4.79 Å². The number of hydrogen-bond acceptors (Lipinski definition) is 6. The predicted octanol–water partition coefficient (Wildman–Crippen LogP) is 4.83. The van der Waals surface area contributed by atoms with Gasteiger partial charge >= 0.3 is 0 Å². The molecule has 0 spiro atoms. The maximum absolute atomic E-state index is 12.9. The second kappa shape index (κ2) is 8.72. The van der Waals surface area contributed by atoms with Crippen LogP contribution in [0, 0.1) is 0 Å². The molecule has 3 aromatic carbocycles. The zero-order valence-electron chi connectivity index (χ0n) is 16.8. The Hall–Kier alpha value is -3.84. The molecule has 0 aliphatic carbocycles. The van der Waals surface area contributed by atoms with E-state index in [1.165, 1.54) is 0 Å². The van der Waals surface area contributed by atoms with Gasteiger partial charge < -0.3 is 19.3 Å². The first kappa shape index (κ1) is 20.1. The Bertz CT molecular complexity index is 1260. The number of ether oxygens (including phenoxy) is 2. The predicted molar refractivity (Wildman–Crippen MR) is 118 cm³/mol. The Morgan fingerprint density at radius 3 is 2.62 bits per heavy atom. The lowest BCUT2D eigenvalue weighted by molar-refractivity contribution is 0.0928. The average molecular weight is 448 g/mol. The monoisotopic (exact) mass is 447 g/mol. The van der Waals surface area contributed by atoms with Gasteiger partial charge in [0.25, 0.3) is 5.91 Å². The van der Waals surface area contributed by atoms with E-state index < -0.39 is 6.04 Å². The van der Waals surface area contributed by atoms with Crippen molar-refractivity contribution in [3.05, 3.63) is 94.8 Å². The van der Waals surface area contributed by atoms with Gasteiger partial charge in [0.05, 0.1) is 10.6 Å². The molecule has 5 rings (SSSR count). The van der Waals surface area contributed by atoms with Crippen molar-refractivity contribution in [2.24, 2.45) is 0 Å². The number of fused-ring (bicyclic) bond motifs is 1. The van der Waals surface area contributed by atoms with Crippen molar-refractivity contribution in [1.82, 2.24) is 15.5 Å². The maximum atomic E-state index is 12.9. The maximum Gasteiger partial charge on any atom is 0.253 e. The van der Waals surface area contributed by atoms with Crippen molar-refractivity contribution < 1.29 is 18.8 Å². The number of benzene rings is 3. The Morgan fingerprint density at radius 1 is 1.00 bits per heavy atom. The van der Waals surface area contributed by atoms with Crippen LogP contribution in [0.5, 0.6) is 11.5 Å². The Kier molecular flexibility index (Phi) is 5.47. The summed E-state index contributed by atoms with van der Waals surface area (Å²) in [6.45, 7) is 0.184. The molecule has 1 aliphatic heterocycles. The van der Waals surface area contributed by atoms with Crippen LogP contribution in [0.2, 0.25) is 5.02 Å². The number of nitrogens with zero attached hydrogens (tertiary/aromatic N) is 2. The number of amides is 1. The van der Waals surface area contributed by atoms with Crippen LogP contribution < -0.4 is 14.8 Å². The highest BCUT2D eigenvalue weighted by molar-refractivity contribution is 6.33. The number of rotatable bonds is 6. The van der Waals surface area contributed by atoms with E-state index in [9.17, 15) is 4.79 Å². The summed E-state index contributed by atoms with van der Waals surface area (Å²) in [5.41, 5.74) is 2.11. The molecule has 2 heterocycles. The van der Waals surface area contributed by atoms with Crippen molar-refractivity contribution in [1.29, 1.82) is 0 Å². The number of carbonyl (C=O) groups excluding carboxylic acids is 1. The number of carbonyl (C=O) groups is 1. The van der Waals surface area contributed by atoms with Crippen LogP contribution in [0.4, 0.5) is 0 Å². The first-order valence-electron chi connectivity index (χ1n) is 10.0. The molecule has 160 valence electrons. The van der Waals surface area contributed by atoms with Crippen LogP contribution in [0.25, 0.3) is 11.4 Å². The molecule has 1 atom stereocenters. The molecule has 0 saturated carbocycles. The van der Waals surface area contributed by atoms with Crippen LogP contribution in [0.1, 0.15) is 27.9 Å². The minimum absolute atomic E-state index is 0.184. The molecular weight excluding hydrogens is 430 g/mol. The van der Waals surface area contributed by atoms with E-state index in [-0.39, 0.29) is 12.7 Å². The van der Waals surface area contributed by atoms with E-state index in [1.54, 1.807) is 36.4 Å². The van der Waals surface area contributed by atoms with E-state index in [1.807, 2.05) is 36.4 Å². The lowest BCUT2D eigenvalue weighted by atomic mass is 10.1. The van der Waals surface area contributed by atoms with E-state index in [4.69, 9.17) is 25.6 Å². The van der Waals surface area contributed by atoms with Crippen LogP contribution in [0.15, 0.2) is 77.3 Å². The van der Waals surface area contributed by atoms with Gasteiger partial charge in [0, 0.05) is 12.0 Å². The molecule has 0 saturated heterocycles. The molecule has 32 heavy (non-hydrogen) atoms. The van der Waals surface area contributed by atoms with E-state index >= 15 is 0 Å². The third-order valence-corrected chi connectivity index (χ3v) is 5.41. The summed E-state index contributed by atoms with van der Waals surface area (Å²) in [5, 5.41) is 7.46. The lowest BCUT2D eigenvalue weighted by Gasteiger charge is -2.16. The van der Waals surface area contributed by atoms with Crippen LogP contribution in [-0.4, -0.2) is 22.8 Å². The minimum Gasteiger partial charge on any atom is -0.454 e. The van der Waals surface area contributed by atoms with Gasteiger partial charge in [0.15, 0.2) is 11.5 Å². The summed E-state index contributed by atoms with van der Waals surface area (Å²) in [7, 11) is 0. The Balaban J connectivity index is 1.44. The quantitative estimate of drug-likeness (QED) is 0.455. The number of aromatic nitrogens is 2. The molecule has 1 amide bonds. The van der Waals surface area contributed by atoms with Crippen molar-refractivity contribution in [2.75, 3.05) is 6.79 Å². The highest BCUT2D eigenvalue weighted by Crippen LogP contribution is 2.35. The summed E-state index contributed by atoms with van der Waals surface area (Å²) in [6.07, 6.45) is 0.472. The van der Waals surface area contributed by atoms with Gasteiger partial charge in [-0.15, -0.1) is 0 Å². The largest absolute Gasteiger partial charge is 0.454 e. The summed E-state index contributed by atoms with van der Waals surface area (Å²) < 4.78 is 16.3. The normalized spacial score (nSPS) is 13.0. The Morgan fingerprint density at radius 2 is 1.78 bits per heavy atom. The molecule has 1 unspecified atom stereocenters. The molecule has 1 N–H and O–H groups in total. The van der Waals surface area contributed by atoms with Gasteiger partial charge in [-0.05, 0) is 35.9 Å². The summed E-state index contributed by atoms with van der Waals surface area (Å²) in [4.78, 5) is 17.5. The zero-order chi connectivity index (χ0) is 21.9. The summed E-state index contributed by atoms with van der Waals surface area (Å²) in [6, 6.07) is 21.5. The highest BCUT2D eigenvalue weighted by atomic mass is 35.5. The highest BCUT2D eigenvalue weighted by Gasteiger charge is 2.24. The van der Waals surface area contributed by atoms with E-state index in [0.29, 0.717) is 40.2 Å². The van der Waals surface area contributed by atoms with Gasteiger partial charge in [-0.2, -0.15) is 4.98 Å². The summed E-state index contributed by atoms with van der Waals surface area (Å²) in [5.74, 6) is 1.66. The van der Waals surface area contributed by atoms with E-state index in [0.717, 1.165) is 11.1 Å². The molecule has 8 heteroatoms. The smallest absolute Gasteiger partial charge is 0.253 e. The first-order valence-corrected chi connectivity index (χ1v) is 10.4. The number of halogens is 1. The fraction of sp³-hybridized carbons (Fsp3) is 0.125. The fourth-order valence-corrected chi connectivity index (χ4v) is 3.68.